The third kappa shape index (κ3) is 3.91. The van der Waals surface area contributed by atoms with Gasteiger partial charge in [-0.15, -0.1) is 0 Å². The zero-order valence-corrected chi connectivity index (χ0v) is 7.20. The van der Waals surface area contributed by atoms with Crippen LogP contribution in [0.3, 0.4) is 0 Å². The van der Waals surface area contributed by atoms with E-state index in [0.717, 1.165) is 5.57 Å². The molecule has 0 spiro atoms. The molecule has 0 saturated heterocycles. The first kappa shape index (κ1) is 10.3. The summed E-state index contributed by atoms with van der Waals surface area (Å²) in [4.78, 5) is 0. The Kier molecular flexibility index (Phi) is 4.75. The summed E-state index contributed by atoms with van der Waals surface area (Å²) >= 11 is 0. The lowest BCUT2D eigenvalue weighted by molar-refractivity contribution is 0.409. The minimum atomic E-state index is -0.945. The van der Waals surface area contributed by atoms with Crippen molar-refractivity contribution in [2.75, 3.05) is 6.67 Å². The molecule has 0 unspecified atom stereocenters. The van der Waals surface area contributed by atoms with Gasteiger partial charge in [0, 0.05) is 0 Å². The van der Waals surface area contributed by atoms with Crippen molar-refractivity contribution in [1.29, 1.82) is 0 Å². The quantitative estimate of drug-likeness (QED) is 0.556. The van der Waals surface area contributed by atoms with Crippen molar-refractivity contribution in [2.45, 2.75) is 26.9 Å². The molecule has 1 atom stereocenters. The average Bonchev–Trinajstić information content (AvgIpc) is 1.98. The van der Waals surface area contributed by atoms with E-state index in [1.165, 1.54) is 13.0 Å². The van der Waals surface area contributed by atoms with Crippen LogP contribution in [0.25, 0.3) is 0 Å². The third-order valence-electron chi connectivity index (χ3n) is 1.68. The van der Waals surface area contributed by atoms with E-state index in [4.69, 9.17) is 0 Å². The van der Waals surface area contributed by atoms with Gasteiger partial charge in [-0.1, -0.05) is 12.2 Å². The zero-order chi connectivity index (χ0) is 8.85. The Morgan fingerprint density at radius 1 is 1.45 bits per heavy atom. The first-order valence-corrected chi connectivity index (χ1v) is 3.63. The predicted molar refractivity (Wildman–Crippen MR) is 44.1 cm³/mol. The van der Waals surface area contributed by atoms with Crippen LogP contribution in [-0.4, -0.2) is 12.8 Å². The molecule has 0 aliphatic rings. The zero-order valence-electron chi connectivity index (χ0n) is 7.20. The lowest BCUT2D eigenvalue weighted by atomic mass is 10.1. The highest BCUT2D eigenvalue weighted by Crippen LogP contribution is 2.11. The Labute approximate surface area is 66.6 Å². The Morgan fingerprint density at radius 3 is 2.36 bits per heavy atom. The van der Waals surface area contributed by atoms with E-state index in [0.29, 0.717) is 5.57 Å². The Bertz CT molecular complexity index is 166. The van der Waals surface area contributed by atoms with E-state index in [9.17, 15) is 8.78 Å². The maximum absolute atomic E-state index is 12.6. The summed E-state index contributed by atoms with van der Waals surface area (Å²) in [7, 11) is 0. The van der Waals surface area contributed by atoms with Crippen molar-refractivity contribution in [1.82, 2.24) is 0 Å². The lowest BCUT2D eigenvalue weighted by Gasteiger charge is -2.03. The van der Waals surface area contributed by atoms with Gasteiger partial charge in [-0.3, -0.25) is 0 Å². The van der Waals surface area contributed by atoms with Crippen molar-refractivity contribution >= 4 is 0 Å². The van der Waals surface area contributed by atoms with Crippen LogP contribution in [0.2, 0.25) is 0 Å². The van der Waals surface area contributed by atoms with Crippen LogP contribution < -0.4 is 0 Å². The number of allylic oxidation sites excluding steroid dienone is 4. The highest BCUT2D eigenvalue weighted by Gasteiger charge is 2.01. The number of hydrogen-bond donors (Lipinski definition) is 0. The first-order chi connectivity index (χ1) is 5.09. The molecule has 11 heavy (non-hydrogen) atoms. The van der Waals surface area contributed by atoms with Gasteiger partial charge in [0.1, 0.15) is 12.8 Å². The maximum atomic E-state index is 12.6. The number of alkyl halides is 2. The van der Waals surface area contributed by atoms with Gasteiger partial charge in [-0.25, -0.2) is 8.78 Å². The van der Waals surface area contributed by atoms with Gasteiger partial charge in [0.05, 0.1) is 0 Å². The van der Waals surface area contributed by atoms with E-state index in [-0.39, 0.29) is 0 Å². The normalized spacial score (nSPS) is 16.8. The smallest absolute Gasteiger partial charge is 0.119 e. The van der Waals surface area contributed by atoms with Crippen LogP contribution >= 0.6 is 0 Å². The molecule has 0 rings (SSSR count). The molecule has 0 aliphatic heterocycles. The van der Waals surface area contributed by atoms with Gasteiger partial charge in [-0.05, 0) is 31.9 Å². The van der Waals surface area contributed by atoms with E-state index >= 15 is 0 Å². The maximum Gasteiger partial charge on any atom is 0.119 e. The summed E-state index contributed by atoms with van der Waals surface area (Å²) in [5.74, 6) is 0. The van der Waals surface area contributed by atoms with Crippen molar-refractivity contribution in [3.05, 3.63) is 23.3 Å². The number of rotatable bonds is 3. The Balaban J connectivity index is 4.27. The number of halogens is 2. The van der Waals surface area contributed by atoms with Gasteiger partial charge < -0.3 is 0 Å². The fraction of sp³-hybridized carbons (Fsp3) is 0.556. The van der Waals surface area contributed by atoms with Crippen LogP contribution in [0, 0.1) is 0 Å². The van der Waals surface area contributed by atoms with Crippen LogP contribution in [-0.2, 0) is 0 Å². The highest BCUT2D eigenvalue weighted by molar-refractivity contribution is 5.24. The topological polar surface area (TPSA) is 0 Å². The molecule has 0 saturated carbocycles. The molecule has 64 valence electrons. The summed E-state index contributed by atoms with van der Waals surface area (Å²) in [6, 6.07) is 0. The third-order valence-corrected chi connectivity index (χ3v) is 1.68. The van der Waals surface area contributed by atoms with E-state index < -0.39 is 12.8 Å². The molecular formula is C9H14F2. The average molecular weight is 160 g/mol. The highest BCUT2D eigenvalue weighted by atomic mass is 19.1. The summed E-state index contributed by atoms with van der Waals surface area (Å²) in [6.45, 7) is 4.47. The molecule has 0 aromatic rings. The monoisotopic (exact) mass is 160 g/mol. The molecule has 0 aromatic carbocycles. The van der Waals surface area contributed by atoms with Gasteiger partial charge in [0.25, 0.3) is 0 Å². The summed E-state index contributed by atoms with van der Waals surface area (Å²) < 4.78 is 24.2. The second-order valence-electron chi connectivity index (χ2n) is 2.54. The molecule has 0 nitrogen and oxygen atoms in total. The van der Waals surface area contributed by atoms with Crippen LogP contribution in [0.15, 0.2) is 23.3 Å². The van der Waals surface area contributed by atoms with Crippen molar-refractivity contribution in [3.63, 3.8) is 0 Å². The van der Waals surface area contributed by atoms with E-state index in [2.05, 4.69) is 0 Å². The fourth-order valence-electron chi connectivity index (χ4n) is 0.666. The second-order valence-corrected chi connectivity index (χ2v) is 2.54. The minimum Gasteiger partial charge on any atom is -0.247 e. The van der Waals surface area contributed by atoms with Crippen molar-refractivity contribution in [2.24, 2.45) is 0 Å². The van der Waals surface area contributed by atoms with Crippen LogP contribution in [0.1, 0.15) is 20.8 Å². The molecule has 0 aliphatic carbocycles. The molecule has 2 heteroatoms. The second kappa shape index (κ2) is 5.05. The molecule has 0 radical (unpaired) electrons. The van der Waals surface area contributed by atoms with Gasteiger partial charge in [0.2, 0.25) is 0 Å². The molecule has 0 aromatic heterocycles. The SMILES string of the molecule is CC(/C=C\CF)=C(\C)[C@@H](C)F. The van der Waals surface area contributed by atoms with E-state index in [1.54, 1.807) is 19.9 Å². The summed E-state index contributed by atoms with van der Waals surface area (Å²) in [5, 5.41) is 0. The predicted octanol–water partition coefficient (Wildman–Crippen LogP) is 3.21. The molecule has 0 fully saturated rings. The van der Waals surface area contributed by atoms with E-state index in [1.807, 2.05) is 0 Å². The Hall–Kier alpha value is -0.660. The fourth-order valence-corrected chi connectivity index (χ4v) is 0.666. The van der Waals surface area contributed by atoms with Crippen LogP contribution in [0.5, 0.6) is 0 Å². The largest absolute Gasteiger partial charge is 0.247 e. The van der Waals surface area contributed by atoms with Gasteiger partial charge in [0.15, 0.2) is 0 Å². The number of hydrogen-bond acceptors (Lipinski definition) is 0. The molecule has 0 bridgehead atoms. The van der Waals surface area contributed by atoms with Crippen LogP contribution in [0.4, 0.5) is 8.78 Å². The van der Waals surface area contributed by atoms with Crippen molar-refractivity contribution in [3.8, 4) is 0 Å². The first-order valence-electron chi connectivity index (χ1n) is 3.63. The Morgan fingerprint density at radius 2 is 2.00 bits per heavy atom. The summed E-state index contributed by atoms with van der Waals surface area (Å²) in [5.41, 5.74) is 1.47. The summed E-state index contributed by atoms with van der Waals surface area (Å²) in [6.07, 6.45) is 2.03. The molecule has 0 amide bonds. The van der Waals surface area contributed by atoms with Crippen molar-refractivity contribution < 1.29 is 8.78 Å². The standard InChI is InChI=1S/C9H14F2/c1-7(5-4-6-10)8(2)9(3)11/h4-5,9H,6H2,1-3H3/b5-4-,8-7-/t9-/m1/s1. The van der Waals surface area contributed by atoms with Gasteiger partial charge >= 0.3 is 0 Å². The lowest BCUT2D eigenvalue weighted by Crippen LogP contribution is -1.96. The van der Waals surface area contributed by atoms with Gasteiger partial charge in [-0.2, -0.15) is 0 Å². The minimum absolute atomic E-state index is 0.495. The molecule has 0 N–H and O–H groups in total. The molecular weight excluding hydrogens is 146 g/mol. The molecule has 0 heterocycles.